The van der Waals surface area contributed by atoms with E-state index in [0.29, 0.717) is 0 Å². The van der Waals surface area contributed by atoms with Crippen LogP contribution in [0, 0.1) is 0 Å². The minimum Gasteiger partial charge on any atom is -0.310 e. The van der Waals surface area contributed by atoms with Crippen LogP contribution in [0.5, 0.6) is 0 Å². The van der Waals surface area contributed by atoms with Crippen LogP contribution in [0.2, 0.25) is 0 Å². The van der Waals surface area contributed by atoms with Gasteiger partial charge < -0.3 is 9.47 Å². The molecule has 11 aromatic carbocycles. The average Bonchev–Trinajstić information content (AvgIpc) is 3.71. The molecule has 0 N–H and O–H groups in total. The zero-order valence-corrected chi connectivity index (χ0v) is 35.1. The van der Waals surface area contributed by atoms with Gasteiger partial charge in [-0.15, -0.1) is 0 Å². The summed E-state index contributed by atoms with van der Waals surface area (Å²) in [7, 11) is 0. The van der Waals surface area contributed by atoms with Crippen LogP contribution in [-0.2, 0) is 0 Å². The Kier molecular flexibility index (Phi) is 9.20. The molecule has 0 amide bonds. The summed E-state index contributed by atoms with van der Waals surface area (Å²) in [6.07, 6.45) is 0. The lowest BCUT2D eigenvalue weighted by atomic mass is 9.92. The normalized spacial score (nSPS) is 11.4. The smallest absolute Gasteiger partial charge is 0.0546 e. The molecule has 64 heavy (non-hydrogen) atoms. The molecule has 0 radical (unpaired) electrons. The monoisotopic (exact) mass is 814 g/mol. The van der Waals surface area contributed by atoms with E-state index in [9.17, 15) is 0 Å². The van der Waals surface area contributed by atoms with E-state index in [1.165, 1.54) is 82.3 Å². The Balaban J connectivity index is 1.02. The highest BCUT2D eigenvalue weighted by atomic mass is 15.1. The molecule has 0 atom stereocenters. The van der Waals surface area contributed by atoms with Gasteiger partial charge in [0.05, 0.1) is 16.7 Å². The summed E-state index contributed by atoms with van der Waals surface area (Å²) < 4.78 is 2.45. The van der Waals surface area contributed by atoms with Crippen molar-refractivity contribution in [3.8, 4) is 50.2 Å². The Morgan fingerprint density at radius 1 is 0.266 bits per heavy atom. The molecule has 2 heteroatoms. The number of hydrogen-bond acceptors (Lipinski definition) is 1. The lowest BCUT2D eigenvalue weighted by Gasteiger charge is -2.27. The van der Waals surface area contributed by atoms with Crippen molar-refractivity contribution in [2.75, 3.05) is 4.90 Å². The van der Waals surface area contributed by atoms with E-state index in [1.807, 2.05) is 0 Å². The van der Waals surface area contributed by atoms with E-state index in [2.05, 4.69) is 264 Å². The third-order valence-electron chi connectivity index (χ3n) is 12.8. The summed E-state index contributed by atoms with van der Waals surface area (Å²) in [6.45, 7) is 0. The van der Waals surface area contributed by atoms with Crippen LogP contribution in [0.3, 0.4) is 0 Å². The second-order valence-electron chi connectivity index (χ2n) is 16.5. The molecule has 1 aromatic heterocycles. The van der Waals surface area contributed by atoms with Crippen molar-refractivity contribution in [2.24, 2.45) is 0 Å². The number of para-hydroxylation sites is 2. The third kappa shape index (κ3) is 6.52. The number of aromatic nitrogens is 1. The standard InChI is InChI=1S/C62H42N2/c1-2-16-46(17-3-1)56-27-14-30-61(64-59-28-10-8-24-57(59)58-25-9-11-29-60(58)64)62(56)47-35-39-52(40-36-47)63(51-37-33-44(34-38-51)49-32-31-43-15-4-5-19-48(43)41-49)53-22-12-21-50(42-53)55-26-13-20-45-18-6-7-23-54(45)55/h1-42H. The molecule has 0 aliphatic heterocycles. The van der Waals surface area contributed by atoms with Crippen LogP contribution in [0.25, 0.3) is 93.5 Å². The van der Waals surface area contributed by atoms with Gasteiger partial charge in [-0.25, -0.2) is 0 Å². The lowest BCUT2D eigenvalue weighted by Crippen LogP contribution is -2.10. The van der Waals surface area contributed by atoms with E-state index < -0.39 is 0 Å². The lowest BCUT2D eigenvalue weighted by molar-refractivity contribution is 1.18. The third-order valence-corrected chi connectivity index (χ3v) is 12.8. The van der Waals surface area contributed by atoms with Crippen LogP contribution in [0.15, 0.2) is 255 Å². The predicted molar refractivity (Wildman–Crippen MR) is 272 cm³/mol. The Labute approximate surface area is 373 Å². The number of nitrogens with zero attached hydrogens (tertiary/aromatic N) is 2. The number of fused-ring (bicyclic) bond motifs is 5. The summed E-state index contributed by atoms with van der Waals surface area (Å²) in [6, 6.07) is 92.8. The van der Waals surface area contributed by atoms with Gasteiger partial charge in [0.25, 0.3) is 0 Å². The van der Waals surface area contributed by atoms with Gasteiger partial charge in [-0.05, 0) is 121 Å². The Bertz CT molecular complexity index is 3600. The zero-order valence-electron chi connectivity index (χ0n) is 35.1. The summed E-state index contributed by atoms with van der Waals surface area (Å²) in [5, 5.41) is 7.46. The van der Waals surface area contributed by atoms with Gasteiger partial charge in [0.2, 0.25) is 0 Å². The first kappa shape index (κ1) is 37.3. The van der Waals surface area contributed by atoms with Gasteiger partial charge in [-0.2, -0.15) is 0 Å². The summed E-state index contributed by atoms with van der Waals surface area (Å²) in [4.78, 5) is 2.39. The maximum atomic E-state index is 2.45. The number of benzene rings is 11. The molecule has 0 spiro atoms. The molecular formula is C62H42N2. The first-order valence-corrected chi connectivity index (χ1v) is 22.0. The van der Waals surface area contributed by atoms with Gasteiger partial charge in [0, 0.05) is 33.4 Å². The van der Waals surface area contributed by atoms with E-state index in [0.717, 1.165) is 28.3 Å². The maximum absolute atomic E-state index is 2.45. The van der Waals surface area contributed by atoms with Crippen molar-refractivity contribution in [2.45, 2.75) is 0 Å². The fourth-order valence-corrected chi connectivity index (χ4v) is 9.76. The van der Waals surface area contributed by atoms with Crippen molar-refractivity contribution >= 4 is 60.4 Å². The van der Waals surface area contributed by atoms with E-state index in [1.54, 1.807) is 0 Å². The Morgan fingerprint density at radius 2 is 0.797 bits per heavy atom. The van der Waals surface area contributed by atoms with Crippen LogP contribution in [0.4, 0.5) is 17.1 Å². The fourth-order valence-electron chi connectivity index (χ4n) is 9.76. The van der Waals surface area contributed by atoms with E-state index in [4.69, 9.17) is 0 Å². The molecule has 0 bridgehead atoms. The first-order chi connectivity index (χ1) is 31.7. The van der Waals surface area contributed by atoms with E-state index in [-0.39, 0.29) is 0 Å². The number of anilines is 3. The molecular weight excluding hydrogens is 773 g/mol. The molecule has 0 saturated carbocycles. The quantitative estimate of drug-likeness (QED) is 0.148. The minimum absolute atomic E-state index is 1.08. The maximum Gasteiger partial charge on any atom is 0.0546 e. The SMILES string of the molecule is c1ccc(-c2cccc(-n3c4ccccc4c4ccccc43)c2-c2ccc(N(c3ccc(-c4ccc5ccccc5c4)cc3)c3cccc(-c4cccc5ccccc45)c3)cc2)cc1. The highest BCUT2D eigenvalue weighted by molar-refractivity contribution is 6.10. The largest absolute Gasteiger partial charge is 0.310 e. The molecule has 0 unspecified atom stereocenters. The molecule has 0 aliphatic rings. The number of rotatable bonds is 8. The van der Waals surface area contributed by atoms with Gasteiger partial charge in [0.1, 0.15) is 0 Å². The molecule has 300 valence electrons. The topological polar surface area (TPSA) is 8.17 Å². The second-order valence-corrected chi connectivity index (χ2v) is 16.5. The van der Waals surface area contributed by atoms with Crippen LogP contribution >= 0.6 is 0 Å². The van der Waals surface area contributed by atoms with Gasteiger partial charge in [0.15, 0.2) is 0 Å². The molecule has 12 aromatic rings. The van der Waals surface area contributed by atoms with Crippen LogP contribution in [0.1, 0.15) is 0 Å². The van der Waals surface area contributed by atoms with Crippen molar-refractivity contribution in [1.29, 1.82) is 0 Å². The van der Waals surface area contributed by atoms with Crippen molar-refractivity contribution in [1.82, 2.24) is 4.57 Å². The molecule has 0 saturated heterocycles. The van der Waals surface area contributed by atoms with Crippen molar-refractivity contribution in [3.05, 3.63) is 255 Å². The zero-order chi connectivity index (χ0) is 42.4. The molecule has 0 aliphatic carbocycles. The highest BCUT2D eigenvalue weighted by Gasteiger charge is 2.20. The van der Waals surface area contributed by atoms with Gasteiger partial charge in [-0.3, -0.25) is 0 Å². The van der Waals surface area contributed by atoms with Crippen molar-refractivity contribution in [3.63, 3.8) is 0 Å². The summed E-state index contributed by atoms with van der Waals surface area (Å²) >= 11 is 0. The molecule has 12 rings (SSSR count). The summed E-state index contributed by atoms with van der Waals surface area (Å²) in [5.41, 5.74) is 16.3. The van der Waals surface area contributed by atoms with Gasteiger partial charge in [-0.1, -0.05) is 194 Å². The summed E-state index contributed by atoms with van der Waals surface area (Å²) in [5.74, 6) is 0. The second kappa shape index (κ2) is 15.8. The Morgan fingerprint density at radius 3 is 1.53 bits per heavy atom. The molecule has 1 heterocycles. The predicted octanol–water partition coefficient (Wildman–Crippen LogP) is 17.2. The van der Waals surface area contributed by atoms with Crippen LogP contribution < -0.4 is 4.90 Å². The van der Waals surface area contributed by atoms with Crippen molar-refractivity contribution < 1.29 is 0 Å². The molecule has 2 nitrogen and oxygen atoms in total. The minimum atomic E-state index is 1.08. The van der Waals surface area contributed by atoms with Gasteiger partial charge >= 0.3 is 0 Å². The number of hydrogen-bond donors (Lipinski definition) is 0. The fraction of sp³-hybridized carbons (Fsp3) is 0. The Hall–Kier alpha value is -8.46. The highest BCUT2D eigenvalue weighted by Crippen LogP contribution is 2.44. The average molecular weight is 815 g/mol. The first-order valence-electron chi connectivity index (χ1n) is 22.0. The molecule has 0 fully saturated rings. The van der Waals surface area contributed by atoms with Crippen LogP contribution in [-0.4, -0.2) is 4.57 Å². The van der Waals surface area contributed by atoms with E-state index >= 15 is 0 Å².